The Labute approximate surface area is 266 Å². The molecule has 0 amide bonds. The molecular formula is C34H20ClF3N4O3S. The molecule has 7 nitrogen and oxygen atoms in total. The molecule has 2 heterocycles. The molecule has 0 aliphatic carbocycles. The van der Waals surface area contributed by atoms with Crippen LogP contribution in [0.2, 0.25) is 5.02 Å². The highest BCUT2D eigenvalue weighted by molar-refractivity contribution is 7.90. The smallest absolute Gasteiger partial charge is 0.296 e. The summed E-state index contributed by atoms with van der Waals surface area (Å²) in [6, 6.07) is 19.3. The lowest BCUT2D eigenvalue weighted by Gasteiger charge is -2.15. The summed E-state index contributed by atoms with van der Waals surface area (Å²) < 4.78 is 71.4. The van der Waals surface area contributed by atoms with Crippen molar-refractivity contribution in [1.29, 1.82) is 0 Å². The van der Waals surface area contributed by atoms with E-state index in [4.69, 9.17) is 18.2 Å². The average Bonchev–Trinajstić information content (AvgIpc) is 3.39. The van der Waals surface area contributed by atoms with Crippen LogP contribution in [0.15, 0.2) is 102 Å². The summed E-state index contributed by atoms with van der Waals surface area (Å²) in [5, 5.41) is 0.408. The number of Topliss-reactive ketones (excluding diaryl/α,β-unsaturated/α-hetero) is 1. The minimum Gasteiger partial charge on any atom is -0.359 e. The van der Waals surface area contributed by atoms with E-state index in [2.05, 4.69) is 14.8 Å². The molecular weight excluding hydrogens is 637 g/mol. The van der Waals surface area contributed by atoms with Crippen molar-refractivity contribution in [3.63, 3.8) is 0 Å². The van der Waals surface area contributed by atoms with Crippen LogP contribution in [-0.4, -0.2) is 28.1 Å². The molecule has 0 unspecified atom stereocenters. The van der Waals surface area contributed by atoms with Gasteiger partial charge in [0, 0.05) is 38.2 Å². The second-order valence-corrected chi connectivity index (χ2v) is 12.4. The van der Waals surface area contributed by atoms with Crippen molar-refractivity contribution in [1.82, 2.24) is 13.9 Å². The van der Waals surface area contributed by atoms with Gasteiger partial charge in [0.2, 0.25) is 0 Å². The number of benzene rings is 4. The van der Waals surface area contributed by atoms with Gasteiger partial charge in [0.15, 0.2) is 5.78 Å². The van der Waals surface area contributed by atoms with E-state index in [9.17, 15) is 26.4 Å². The van der Waals surface area contributed by atoms with Crippen molar-refractivity contribution < 1.29 is 26.4 Å². The minimum atomic E-state index is -4.55. The molecule has 4 aromatic carbocycles. The first-order chi connectivity index (χ1) is 22.0. The van der Waals surface area contributed by atoms with Gasteiger partial charge < -0.3 is 4.85 Å². The quantitative estimate of drug-likeness (QED) is 0.126. The van der Waals surface area contributed by atoms with Gasteiger partial charge in [-0.3, -0.25) is 9.78 Å². The van der Waals surface area contributed by atoms with Crippen LogP contribution in [0.25, 0.3) is 49.4 Å². The zero-order valence-corrected chi connectivity index (χ0v) is 25.3. The standard InChI is InChI=1S/C34H20ClF3N4O3S/c1-19(43)21-8-12-26(28(35)17-21)22-4-3-5-23(16-22)32-30(31-34(39-2)41-15-14-40-31)27-18-24(36)9-13-29(27)42(32)46(44,45)25-10-6-20(7-11-25)33(37)38/h3-18,33H,1H3. The van der Waals surface area contributed by atoms with Gasteiger partial charge >= 0.3 is 0 Å². The number of carbonyl (C=O) groups excluding carboxylic acids is 1. The van der Waals surface area contributed by atoms with Crippen LogP contribution in [0.3, 0.4) is 0 Å². The fourth-order valence-electron chi connectivity index (χ4n) is 5.27. The fourth-order valence-corrected chi connectivity index (χ4v) is 7.10. The number of alkyl halides is 2. The second kappa shape index (κ2) is 11.9. The van der Waals surface area contributed by atoms with Crippen LogP contribution < -0.4 is 0 Å². The van der Waals surface area contributed by atoms with E-state index in [1.54, 1.807) is 36.4 Å². The van der Waals surface area contributed by atoms with E-state index in [0.717, 1.165) is 40.4 Å². The SMILES string of the molecule is [C-]#[N+]c1nccnc1-c1c(-c2cccc(-c3ccc(C(C)=O)cc3Cl)c2)n(S(=O)(=O)c2ccc(C(F)F)cc2)c2ccc(F)cc12. The van der Waals surface area contributed by atoms with E-state index in [1.807, 2.05) is 0 Å². The molecule has 0 saturated heterocycles. The summed E-state index contributed by atoms with van der Waals surface area (Å²) in [6.45, 7) is 9.14. The van der Waals surface area contributed by atoms with Crippen molar-refractivity contribution in [3.8, 4) is 33.6 Å². The monoisotopic (exact) mass is 656 g/mol. The molecule has 228 valence electrons. The number of carbonyl (C=O) groups is 1. The maximum absolute atomic E-state index is 14.9. The van der Waals surface area contributed by atoms with Crippen LogP contribution in [0.5, 0.6) is 0 Å². The van der Waals surface area contributed by atoms with Gasteiger partial charge in [-0.2, -0.15) is 0 Å². The number of hydrogen-bond acceptors (Lipinski definition) is 5. The Bertz CT molecular complexity index is 2330. The summed E-state index contributed by atoms with van der Waals surface area (Å²) in [5.41, 5.74) is 1.71. The van der Waals surface area contributed by atoms with E-state index in [0.29, 0.717) is 22.3 Å². The average molecular weight is 657 g/mol. The third-order valence-corrected chi connectivity index (χ3v) is 9.44. The molecule has 6 aromatic rings. The molecule has 0 N–H and O–H groups in total. The number of halogens is 4. The first-order valence-electron chi connectivity index (χ1n) is 13.6. The van der Waals surface area contributed by atoms with Crippen LogP contribution >= 0.6 is 11.6 Å². The molecule has 0 radical (unpaired) electrons. The molecule has 0 spiro atoms. The van der Waals surface area contributed by atoms with Gasteiger partial charge in [0.05, 0.1) is 28.0 Å². The van der Waals surface area contributed by atoms with Crippen LogP contribution in [-0.2, 0) is 10.0 Å². The molecule has 0 aliphatic rings. The molecule has 0 atom stereocenters. The molecule has 0 aliphatic heterocycles. The number of hydrogen-bond donors (Lipinski definition) is 0. The highest BCUT2D eigenvalue weighted by Gasteiger charge is 2.31. The Balaban J connectivity index is 1.72. The summed E-state index contributed by atoms with van der Waals surface area (Å²) >= 11 is 6.57. The Kier molecular flexibility index (Phi) is 7.94. The topological polar surface area (TPSA) is 86.3 Å². The van der Waals surface area contributed by atoms with Crippen LogP contribution in [0.4, 0.5) is 19.0 Å². The van der Waals surface area contributed by atoms with E-state index in [-0.39, 0.29) is 54.9 Å². The number of rotatable bonds is 7. The Morgan fingerprint density at radius 2 is 1.65 bits per heavy atom. The molecule has 12 heteroatoms. The normalized spacial score (nSPS) is 11.6. The fraction of sp³-hybridized carbons (Fsp3) is 0.0588. The molecule has 0 fully saturated rings. The van der Waals surface area contributed by atoms with E-state index < -0.39 is 22.3 Å². The van der Waals surface area contributed by atoms with Gasteiger partial charge in [-0.05, 0) is 55.0 Å². The lowest BCUT2D eigenvalue weighted by molar-refractivity contribution is 0.101. The highest BCUT2D eigenvalue weighted by atomic mass is 35.5. The first kappa shape index (κ1) is 30.7. The largest absolute Gasteiger partial charge is 0.359 e. The zero-order chi connectivity index (χ0) is 32.7. The maximum Gasteiger partial charge on any atom is 0.296 e. The molecule has 6 rings (SSSR count). The number of nitrogens with zero attached hydrogens (tertiary/aromatic N) is 4. The summed E-state index contributed by atoms with van der Waals surface area (Å²) in [4.78, 5) is 23.6. The molecule has 0 bridgehead atoms. The Morgan fingerprint density at radius 1 is 0.935 bits per heavy atom. The zero-order valence-electron chi connectivity index (χ0n) is 23.7. The third-order valence-electron chi connectivity index (χ3n) is 7.40. The van der Waals surface area contributed by atoms with E-state index in [1.165, 1.54) is 31.5 Å². The van der Waals surface area contributed by atoms with Crippen molar-refractivity contribution in [3.05, 3.63) is 131 Å². The van der Waals surface area contributed by atoms with Crippen LogP contribution in [0.1, 0.15) is 29.3 Å². The summed E-state index contributed by atoms with van der Waals surface area (Å²) in [7, 11) is -4.55. The predicted octanol–water partition coefficient (Wildman–Crippen LogP) is 9.15. The summed E-state index contributed by atoms with van der Waals surface area (Å²) in [5.74, 6) is -0.991. The van der Waals surface area contributed by atoms with Crippen molar-refractivity contribution in [2.45, 2.75) is 18.2 Å². The molecule has 0 saturated carbocycles. The minimum absolute atomic E-state index is 0.0133. The first-order valence-corrected chi connectivity index (χ1v) is 15.4. The lowest BCUT2D eigenvalue weighted by Crippen LogP contribution is -2.14. The van der Waals surface area contributed by atoms with Gasteiger partial charge in [0.1, 0.15) is 12.0 Å². The molecule has 2 aromatic heterocycles. The number of aromatic nitrogens is 3. The predicted molar refractivity (Wildman–Crippen MR) is 169 cm³/mol. The number of ketones is 1. The van der Waals surface area contributed by atoms with Gasteiger partial charge in [-0.15, -0.1) is 4.98 Å². The van der Waals surface area contributed by atoms with Gasteiger partial charge in [-0.25, -0.2) is 25.6 Å². The van der Waals surface area contributed by atoms with Crippen molar-refractivity contribution >= 4 is 44.1 Å². The van der Waals surface area contributed by atoms with Crippen molar-refractivity contribution in [2.75, 3.05) is 0 Å². The molecule has 46 heavy (non-hydrogen) atoms. The van der Waals surface area contributed by atoms with E-state index >= 15 is 0 Å². The highest BCUT2D eigenvalue weighted by Crippen LogP contribution is 2.45. The third kappa shape index (κ3) is 5.31. The Hall–Kier alpha value is -5.31. The second-order valence-electron chi connectivity index (χ2n) is 10.2. The van der Waals surface area contributed by atoms with Gasteiger partial charge in [0.25, 0.3) is 22.3 Å². The lowest BCUT2D eigenvalue weighted by atomic mass is 9.97. The van der Waals surface area contributed by atoms with Crippen LogP contribution in [0, 0.1) is 12.4 Å². The van der Waals surface area contributed by atoms with Crippen molar-refractivity contribution in [2.24, 2.45) is 0 Å². The maximum atomic E-state index is 14.9. The summed E-state index contributed by atoms with van der Waals surface area (Å²) in [6.07, 6.45) is -0.164. The Morgan fingerprint density at radius 3 is 2.33 bits per heavy atom. The van der Waals surface area contributed by atoms with Gasteiger partial charge in [-0.1, -0.05) is 60.6 Å². The number of fused-ring (bicyclic) bond motifs is 1.